The van der Waals surface area contributed by atoms with Crippen molar-refractivity contribution in [2.24, 2.45) is 5.92 Å². The molecule has 2 aromatic rings. The van der Waals surface area contributed by atoms with Crippen LogP contribution in [-0.4, -0.2) is 46.8 Å². The first-order valence-corrected chi connectivity index (χ1v) is 10.2. The molecule has 1 fully saturated rings. The lowest BCUT2D eigenvalue weighted by molar-refractivity contribution is 0.102. The Hall–Kier alpha value is -1.87. The highest BCUT2D eigenvalue weighted by Gasteiger charge is 2.29. The summed E-state index contributed by atoms with van der Waals surface area (Å²) in [6.07, 6.45) is 1.06. The van der Waals surface area contributed by atoms with Gasteiger partial charge in [0.15, 0.2) is 15.6 Å². The van der Waals surface area contributed by atoms with Gasteiger partial charge in [0.1, 0.15) is 5.75 Å². The minimum atomic E-state index is -2.92. The fourth-order valence-corrected chi connectivity index (χ4v) is 5.05. The van der Waals surface area contributed by atoms with Crippen LogP contribution in [0, 0.1) is 5.92 Å². The van der Waals surface area contributed by atoms with Crippen molar-refractivity contribution in [3.8, 4) is 5.75 Å². The van der Waals surface area contributed by atoms with Crippen molar-refractivity contribution in [2.45, 2.75) is 18.1 Å². The van der Waals surface area contributed by atoms with Crippen LogP contribution >= 0.6 is 11.8 Å². The van der Waals surface area contributed by atoms with E-state index in [1.54, 1.807) is 12.1 Å². The number of aromatic nitrogens is 2. The molecule has 1 aliphatic heterocycles. The molecule has 1 aliphatic rings. The van der Waals surface area contributed by atoms with Gasteiger partial charge in [0, 0.05) is 12.0 Å². The topological polar surface area (TPSA) is 110 Å². The molecule has 1 aromatic heterocycles. The number of benzene rings is 1. The maximum Gasteiger partial charge on any atom is 0.277 e. The van der Waals surface area contributed by atoms with Gasteiger partial charge in [-0.2, -0.15) is 0 Å². The third kappa shape index (κ3) is 4.35. The summed E-state index contributed by atoms with van der Waals surface area (Å²) < 4.78 is 28.4. The zero-order chi connectivity index (χ0) is 17.2. The lowest BCUT2D eigenvalue weighted by Crippen LogP contribution is -2.07. The highest BCUT2D eigenvalue weighted by Crippen LogP contribution is 2.24. The molecule has 0 radical (unpaired) electrons. The lowest BCUT2D eigenvalue weighted by atomic mass is 10.1. The monoisotopic (exact) mass is 368 g/mol. The Kier molecular flexibility index (Phi) is 4.91. The molecule has 1 aromatic carbocycles. The van der Waals surface area contributed by atoms with E-state index in [-0.39, 0.29) is 39.9 Å². The van der Waals surface area contributed by atoms with E-state index in [9.17, 15) is 18.3 Å². The number of Topliss-reactive ketones (excluding diaryl/α,β-unsaturated/α-hetero) is 1. The molecule has 0 bridgehead atoms. The molecule has 9 heteroatoms. The van der Waals surface area contributed by atoms with Crippen LogP contribution in [0.3, 0.4) is 0 Å². The standard InChI is InChI=1S/C15H16N2O5S2/c18-12-3-1-11(2-4-12)13(19)8-23-15-17-16-14(22-15)7-10-5-6-24(20,21)9-10/h1-4,10,18H,5-9H2/t10-/m0/s1. The number of carbonyl (C=O) groups is 1. The lowest BCUT2D eigenvalue weighted by Gasteiger charge is -2.02. The molecule has 0 saturated carbocycles. The van der Waals surface area contributed by atoms with Crippen molar-refractivity contribution in [3.05, 3.63) is 35.7 Å². The van der Waals surface area contributed by atoms with Gasteiger partial charge in [0.05, 0.1) is 17.3 Å². The molecule has 1 atom stereocenters. The van der Waals surface area contributed by atoms with Crippen molar-refractivity contribution >= 4 is 27.4 Å². The summed E-state index contributed by atoms with van der Waals surface area (Å²) in [5.74, 6) is 0.940. The number of aromatic hydroxyl groups is 1. The van der Waals surface area contributed by atoms with Gasteiger partial charge >= 0.3 is 0 Å². The maximum atomic E-state index is 12.0. The highest BCUT2D eigenvalue weighted by atomic mass is 32.2. The van der Waals surface area contributed by atoms with Gasteiger partial charge in [-0.05, 0) is 36.6 Å². The van der Waals surface area contributed by atoms with Crippen molar-refractivity contribution in [1.82, 2.24) is 10.2 Å². The first kappa shape index (κ1) is 17.0. The van der Waals surface area contributed by atoms with Gasteiger partial charge in [0.2, 0.25) is 5.89 Å². The Morgan fingerprint density at radius 1 is 1.29 bits per heavy atom. The largest absolute Gasteiger partial charge is 0.508 e. The molecular weight excluding hydrogens is 352 g/mol. The smallest absolute Gasteiger partial charge is 0.277 e. The number of phenols is 1. The highest BCUT2D eigenvalue weighted by molar-refractivity contribution is 7.99. The van der Waals surface area contributed by atoms with Crippen LogP contribution in [0.5, 0.6) is 5.75 Å². The predicted octanol–water partition coefficient (Wildman–Crippen LogP) is 1.73. The van der Waals surface area contributed by atoms with Gasteiger partial charge < -0.3 is 9.52 Å². The van der Waals surface area contributed by atoms with E-state index >= 15 is 0 Å². The van der Waals surface area contributed by atoms with E-state index in [1.165, 1.54) is 12.1 Å². The summed E-state index contributed by atoms with van der Waals surface area (Å²) in [5, 5.41) is 17.3. The van der Waals surface area contributed by atoms with E-state index in [1.807, 2.05) is 0 Å². The van der Waals surface area contributed by atoms with Crippen LogP contribution in [0.1, 0.15) is 22.7 Å². The number of rotatable bonds is 6. The summed E-state index contributed by atoms with van der Waals surface area (Å²) in [4.78, 5) is 12.0. The Bertz CT molecular complexity index is 830. The first-order valence-electron chi connectivity index (χ1n) is 7.39. The zero-order valence-electron chi connectivity index (χ0n) is 12.7. The van der Waals surface area contributed by atoms with Crippen molar-refractivity contribution in [2.75, 3.05) is 17.3 Å². The minimum Gasteiger partial charge on any atom is -0.508 e. The summed E-state index contributed by atoms with van der Waals surface area (Å²) in [6, 6.07) is 6.02. The van der Waals surface area contributed by atoms with Crippen molar-refractivity contribution in [3.63, 3.8) is 0 Å². The number of phenolic OH excluding ortho intramolecular Hbond substituents is 1. The van der Waals surface area contributed by atoms with Gasteiger partial charge in [-0.3, -0.25) is 4.79 Å². The molecule has 0 aliphatic carbocycles. The van der Waals surface area contributed by atoms with Gasteiger partial charge in [-0.15, -0.1) is 10.2 Å². The number of hydrogen-bond acceptors (Lipinski definition) is 8. The Morgan fingerprint density at radius 2 is 2.04 bits per heavy atom. The molecule has 1 saturated heterocycles. The number of carbonyl (C=O) groups excluding carboxylic acids is 1. The van der Waals surface area contributed by atoms with Crippen LogP contribution in [0.2, 0.25) is 0 Å². The van der Waals surface area contributed by atoms with Crippen LogP contribution in [0.25, 0.3) is 0 Å². The molecule has 128 valence electrons. The third-order valence-corrected chi connectivity index (χ3v) is 6.41. The van der Waals surface area contributed by atoms with E-state index < -0.39 is 9.84 Å². The summed E-state index contributed by atoms with van der Waals surface area (Å²) in [6.45, 7) is 0. The zero-order valence-corrected chi connectivity index (χ0v) is 14.3. The Balaban J connectivity index is 1.52. The van der Waals surface area contributed by atoms with E-state index in [4.69, 9.17) is 4.42 Å². The van der Waals surface area contributed by atoms with Crippen LogP contribution in [-0.2, 0) is 16.3 Å². The summed E-state index contributed by atoms with van der Waals surface area (Å²) in [7, 11) is -2.92. The number of nitrogens with zero attached hydrogens (tertiary/aromatic N) is 2. The molecule has 7 nitrogen and oxygen atoms in total. The molecule has 1 N–H and O–H groups in total. The Morgan fingerprint density at radius 3 is 2.71 bits per heavy atom. The van der Waals surface area contributed by atoms with Crippen molar-refractivity contribution < 1.29 is 22.7 Å². The molecule has 0 spiro atoms. The third-order valence-electron chi connectivity index (χ3n) is 3.75. The molecular formula is C15H16N2O5S2. The number of thioether (sulfide) groups is 1. The minimum absolute atomic E-state index is 0.0203. The average molecular weight is 368 g/mol. The molecule has 24 heavy (non-hydrogen) atoms. The summed E-state index contributed by atoms with van der Waals surface area (Å²) in [5.41, 5.74) is 0.496. The normalized spacial score (nSPS) is 19.4. The van der Waals surface area contributed by atoms with Gasteiger partial charge in [-0.25, -0.2) is 8.42 Å². The molecule has 2 heterocycles. The Labute approximate surface area is 143 Å². The van der Waals surface area contributed by atoms with E-state index in [2.05, 4.69) is 10.2 Å². The second-order valence-corrected chi connectivity index (χ2v) is 8.85. The fraction of sp³-hybridized carbons (Fsp3) is 0.400. The fourth-order valence-electron chi connectivity index (χ4n) is 2.52. The average Bonchev–Trinajstić information content (AvgIpc) is 3.12. The SMILES string of the molecule is O=C(CSc1nnc(C[C@@H]2CCS(=O)(=O)C2)o1)c1ccc(O)cc1. The van der Waals surface area contributed by atoms with Gasteiger partial charge in [0.25, 0.3) is 5.22 Å². The van der Waals surface area contributed by atoms with Crippen LogP contribution < -0.4 is 0 Å². The number of sulfone groups is 1. The quantitative estimate of drug-likeness (QED) is 0.606. The molecule has 0 unspecified atom stereocenters. The van der Waals surface area contributed by atoms with Crippen LogP contribution in [0.15, 0.2) is 33.9 Å². The van der Waals surface area contributed by atoms with Crippen LogP contribution in [0.4, 0.5) is 0 Å². The van der Waals surface area contributed by atoms with E-state index in [0.717, 1.165) is 11.8 Å². The molecule has 3 rings (SSSR count). The number of hydrogen-bond donors (Lipinski definition) is 1. The van der Waals surface area contributed by atoms with Gasteiger partial charge in [-0.1, -0.05) is 11.8 Å². The first-order chi connectivity index (χ1) is 11.4. The predicted molar refractivity (Wildman–Crippen MR) is 87.9 cm³/mol. The maximum absolute atomic E-state index is 12.0. The molecule has 0 amide bonds. The second-order valence-electron chi connectivity index (χ2n) is 5.69. The number of ketones is 1. The summed E-state index contributed by atoms with van der Waals surface area (Å²) >= 11 is 1.14. The second kappa shape index (κ2) is 6.94. The van der Waals surface area contributed by atoms with Crippen molar-refractivity contribution in [1.29, 1.82) is 0 Å². The van der Waals surface area contributed by atoms with E-state index in [0.29, 0.717) is 24.3 Å².